The molecule has 3 nitrogen and oxygen atoms in total. The van der Waals surface area contributed by atoms with Gasteiger partial charge in [0.15, 0.2) is 0 Å². The fraction of sp³-hybridized carbons (Fsp3) is 0.667. The van der Waals surface area contributed by atoms with E-state index in [0.717, 1.165) is 28.7 Å². The van der Waals surface area contributed by atoms with E-state index in [2.05, 4.69) is 28.0 Å². The third-order valence-electron chi connectivity index (χ3n) is 2.76. The number of Topliss-reactive ketones (excluding diaryl/α,β-unsaturated/α-hetero) is 1. The Bertz CT molecular complexity index is 383. The lowest BCUT2D eigenvalue weighted by molar-refractivity contribution is -0.121. The van der Waals surface area contributed by atoms with Crippen molar-refractivity contribution >= 4 is 21.7 Å². The van der Waals surface area contributed by atoms with Gasteiger partial charge in [0.2, 0.25) is 0 Å². The Morgan fingerprint density at radius 3 is 2.56 bits per heavy atom. The third kappa shape index (κ3) is 2.94. The van der Waals surface area contributed by atoms with Crippen LogP contribution in [0.3, 0.4) is 0 Å². The first-order chi connectivity index (χ1) is 7.47. The molecular formula is C12H19BrN2O. The molecule has 0 aliphatic carbocycles. The lowest BCUT2D eigenvalue weighted by Gasteiger charge is -2.05. The van der Waals surface area contributed by atoms with E-state index in [4.69, 9.17) is 0 Å². The second kappa shape index (κ2) is 5.62. The highest BCUT2D eigenvalue weighted by atomic mass is 79.9. The largest absolute Gasteiger partial charge is 0.299 e. The first-order valence-electron chi connectivity index (χ1n) is 5.70. The number of aromatic nitrogens is 2. The second-order valence-electron chi connectivity index (χ2n) is 4.31. The Morgan fingerprint density at radius 1 is 1.50 bits per heavy atom. The Labute approximate surface area is 105 Å². The van der Waals surface area contributed by atoms with Crippen molar-refractivity contribution < 1.29 is 4.79 Å². The molecule has 0 bridgehead atoms. The molecule has 0 N–H and O–H groups in total. The fourth-order valence-corrected chi connectivity index (χ4v) is 2.44. The molecule has 1 rings (SSSR count). The summed E-state index contributed by atoms with van der Waals surface area (Å²) >= 11 is 3.55. The monoisotopic (exact) mass is 286 g/mol. The predicted molar refractivity (Wildman–Crippen MR) is 68.5 cm³/mol. The first-order valence-corrected chi connectivity index (χ1v) is 6.49. The van der Waals surface area contributed by atoms with Crippen LogP contribution in [0, 0.1) is 5.92 Å². The van der Waals surface area contributed by atoms with Gasteiger partial charge in [0.05, 0.1) is 15.9 Å². The molecule has 90 valence electrons. The quantitative estimate of drug-likeness (QED) is 0.834. The summed E-state index contributed by atoms with van der Waals surface area (Å²) < 4.78 is 2.94. The minimum Gasteiger partial charge on any atom is -0.299 e. The standard InChI is InChI=1S/C12H19BrN2O/c1-5-9-12(13)10(15(4)14-9)6-7-11(16)8(2)3/h8H,5-7H2,1-4H3. The lowest BCUT2D eigenvalue weighted by atomic mass is 10.0. The normalized spacial score (nSPS) is 11.1. The summed E-state index contributed by atoms with van der Waals surface area (Å²) in [6, 6.07) is 0. The molecule has 0 fully saturated rings. The van der Waals surface area contributed by atoms with Crippen LogP contribution in [0.25, 0.3) is 0 Å². The Morgan fingerprint density at radius 2 is 2.12 bits per heavy atom. The number of hydrogen-bond acceptors (Lipinski definition) is 2. The summed E-state index contributed by atoms with van der Waals surface area (Å²) in [5.74, 6) is 0.434. The summed E-state index contributed by atoms with van der Waals surface area (Å²) in [6.07, 6.45) is 2.27. The highest BCUT2D eigenvalue weighted by Gasteiger charge is 2.14. The smallest absolute Gasteiger partial charge is 0.135 e. The molecule has 1 aromatic heterocycles. The van der Waals surface area contributed by atoms with E-state index in [0.29, 0.717) is 12.2 Å². The number of nitrogens with zero attached hydrogens (tertiary/aromatic N) is 2. The molecule has 0 radical (unpaired) electrons. The van der Waals surface area contributed by atoms with E-state index in [1.165, 1.54) is 0 Å². The van der Waals surface area contributed by atoms with Crippen LogP contribution in [0.4, 0.5) is 0 Å². The van der Waals surface area contributed by atoms with Gasteiger partial charge < -0.3 is 0 Å². The molecule has 0 saturated carbocycles. The molecule has 0 spiro atoms. The summed E-state index contributed by atoms with van der Waals surface area (Å²) in [5, 5.41) is 4.41. The molecule has 0 atom stereocenters. The average Bonchev–Trinajstić information content (AvgIpc) is 2.51. The molecule has 4 heteroatoms. The van der Waals surface area contributed by atoms with E-state index >= 15 is 0 Å². The van der Waals surface area contributed by atoms with E-state index in [1.54, 1.807) is 0 Å². The van der Waals surface area contributed by atoms with Gasteiger partial charge in [-0.15, -0.1) is 0 Å². The van der Waals surface area contributed by atoms with Crippen LogP contribution in [-0.4, -0.2) is 15.6 Å². The number of halogens is 1. The van der Waals surface area contributed by atoms with Crippen molar-refractivity contribution in [1.29, 1.82) is 0 Å². The van der Waals surface area contributed by atoms with Gasteiger partial charge in [0.25, 0.3) is 0 Å². The van der Waals surface area contributed by atoms with Crippen LogP contribution in [0.1, 0.15) is 38.6 Å². The number of aryl methyl sites for hydroxylation is 2. The van der Waals surface area contributed by atoms with Crippen molar-refractivity contribution in [2.24, 2.45) is 13.0 Å². The molecule has 0 aliphatic heterocycles. The van der Waals surface area contributed by atoms with E-state index in [9.17, 15) is 4.79 Å². The Hall–Kier alpha value is -0.640. The highest BCUT2D eigenvalue weighted by molar-refractivity contribution is 9.10. The van der Waals surface area contributed by atoms with Crippen LogP contribution in [0.5, 0.6) is 0 Å². The SMILES string of the molecule is CCc1nn(C)c(CCC(=O)C(C)C)c1Br. The maximum atomic E-state index is 11.6. The van der Waals surface area contributed by atoms with Gasteiger partial charge in [-0.05, 0) is 28.8 Å². The van der Waals surface area contributed by atoms with E-state index < -0.39 is 0 Å². The lowest BCUT2D eigenvalue weighted by Crippen LogP contribution is -2.09. The molecule has 1 aromatic rings. The van der Waals surface area contributed by atoms with Crippen molar-refractivity contribution in [3.05, 3.63) is 15.9 Å². The van der Waals surface area contributed by atoms with Crippen LogP contribution in [0.2, 0.25) is 0 Å². The molecule has 16 heavy (non-hydrogen) atoms. The maximum absolute atomic E-state index is 11.6. The molecule has 0 saturated heterocycles. The van der Waals surface area contributed by atoms with Crippen LogP contribution >= 0.6 is 15.9 Å². The zero-order valence-electron chi connectivity index (χ0n) is 10.4. The summed E-state index contributed by atoms with van der Waals surface area (Å²) in [4.78, 5) is 11.6. The van der Waals surface area contributed by atoms with Gasteiger partial charge in [-0.1, -0.05) is 20.8 Å². The summed E-state index contributed by atoms with van der Waals surface area (Å²) in [6.45, 7) is 5.96. The summed E-state index contributed by atoms with van der Waals surface area (Å²) in [5.41, 5.74) is 2.18. The van der Waals surface area contributed by atoms with Crippen LogP contribution in [-0.2, 0) is 24.7 Å². The van der Waals surface area contributed by atoms with Crippen molar-refractivity contribution in [2.45, 2.75) is 40.0 Å². The number of rotatable bonds is 5. The van der Waals surface area contributed by atoms with Gasteiger partial charge in [-0.25, -0.2) is 0 Å². The van der Waals surface area contributed by atoms with Crippen molar-refractivity contribution in [3.8, 4) is 0 Å². The fourth-order valence-electron chi connectivity index (χ4n) is 1.62. The zero-order chi connectivity index (χ0) is 12.3. The van der Waals surface area contributed by atoms with Gasteiger partial charge in [-0.3, -0.25) is 9.48 Å². The zero-order valence-corrected chi connectivity index (χ0v) is 12.0. The average molecular weight is 287 g/mol. The number of carbonyl (C=O) groups excluding carboxylic acids is 1. The van der Waals surface area contributed by atoms with Gasteiger partial charge in [0.1, 0.15) is 5.78 Å². The Kier molecular flexibility index (Phi) is 4.71. The topological polar surface area (TPSA) is 34.9 Å². The van der Waals surface area contributed by atoms with Crippen LogP contribution < -0.4 is 0 Å². The number of ketones is 1. The molecule has 0 aromatic carbocycles. The predicted octanol–water partition coefficient (Wildman–Crippen LogP) is 2.90. The minimum atomic E-state index is 0.123. The van der Waals surface area contributed by atoms with Crippen molar-refractivity contribution in [2.75, 3.05) is 0 Å². The number of hydrogen-bond donors (Lipinski definition) is 0. The van der Waals surface area contributed by atoms with Crippen molar-refractivity contribution in [1.82, 2.24) is 9.78 Å². The molecule has 0 amide bonds. The highest BCUT2D eigenvalue weighted by Crippen LogP contribution is 2.23. The maximum Gasteiger partial charge on any atom is 0.135 e. The van der Waals surface area contributed by atoms with Gasteiger partial charge in [-0.2, -0.15) is 5.10 Å². The molecular weight excluding hydrogens is 268 g/mol. The number of carbonyl (C=O) groups is 1. The molecule has 0 unspecified atom stereocenters. The first kappa shape index (κ1) is 13.4. The molecule has 0 aliphatic rings. The minimum absolute atomic E-state index is 0.123. The van der Waals surface area contributed by atoms with Crippen LogP contribution in [0.15, 0.2) is 4.47 Å². The third-order valence-corrected chi connectivity index (χ3v) is 3.67. The van der Waals surface area contributed by atoms with Gasteiger partial charge in [0, 0.05) is 19.4 Å². The van der Waals surface area contributed by atoms with Crippen molar-refractivity contribution in [3.63, 3.8) is 0 Å². The summed E-state index contributed by atoms with van der Waals surface area (Å²) in [7, 11) is 1.93. The molecule has 1 heterocycles. The second-order valence-corrected chi connectivity index (χ2v) is 5.10. The van der Waals surface area contributed by atoms with E-state index in [-0.39, 0.29) is 5.92 Å². The van der Waals surface area contributed by atoms with Gasteiger partial charge >= 0.3 is 0 Å². The van der Waals surface area contributed by atoms with E-state index in [1.807, 2.05) is 25.6 Å². The Balaban J connectivity index is 2.74.